The predicted octanol–water partition coefficient (Wildman–Crippen LogP) is 2.94. The molecule has 12 heavy (non-hydrogen) atoms. The molecule has 0 spiro atoms. The minimum atomic E-state index is 0.485. The Labute approximate surface area is 76.7 Å². The van der Waals surface area contributed by atoms with Gasteiger partial charge < -0.3 is 5.73 Å². The van der Waals surface area contributed by atoms with Crippen LogP contribution in [0.2, 0.25) is 0 Å². The van der Waals surface area contributed by atoms with Gasteiger partial charge in [-0.2, -0.15) is 0 Å². The van der Waals surface area contributed by atoms with Crippen LogP contribution in [0.1, 0.15) is 52.9 Å². The van der Waals surface area contributed by atoms with E-state index in [0.29, 0.717) is 11.5 Å². The lowest BCUT2D eigenvalue weighted by Gasteiger charge is -2.27. The van der Waals surface area contributed by atoms with Crippen molar-refractivity contribution in [2.24, 2.45) is 17.1 Å². The molecule has 1 aliphatic carbocycles. The molecule has 0 bridgehead atoms. The molecule has 0 saturated heterocycles. The van der Waals surface area contributed by atoms with Crippen LogP contribution in [0.4, 0.5) is 0 Å². The Morgan fingerprint density at radius 2 is 2.25 bits per heavy atom. The monoisotopic (exact) mass is 169 g/mol. The zero-order valence-corrected chi connectivity index (χ0v) is 8.77. The predicted molar refractivity (Wildman–Crippen MR) is 54.0 cm³/mol. The molecule has 3 unspecified atom stereocenters. The maximum atomic E-state index is 5.93. The van der Waals surface area contributed by atoms with Gasteiger partial charge in [0.1, 0.15) is 0 Å². The van der Waals surface area contributed by atoms with Crippen LogP contribution in [0.3, 0.4) is 0 Å². The maximum Gasteiger partial charge on any atom is 0.00442 e. The summed E-state index contributed by atoms with van der Waals surface area (Å²) in [7, 11) is 0. The van der Waals surface area contributed by atoms with Crippen molar-refractivity contribution in [2.45, 2.75) is 58.9 Å². The molecule has 0 heterocycles. The van der Waals surface area contributed by atoms with Crippen LogP contribution in [0.5, 0.6) is 0 Å². The SMILES string of the molecule is CCC(C)CC1(C)CCC(N)C1. The summed E-state index contributed by atoms with van der Waals surface area (Å²) in [4.78, 5) is 0. The molecule has 1 fully saturated rings. The van der Waals surface area contributed by atoms with Crippen molar-refractivity contribution < 1.29 is 0 Å². The van der Waals surface area contributed by atoms with Crippen LogP contribution in [-0.2, 0) is 0 Å². The van der Waals surface area contributed by atoms with Gasteiger partial charge in [0.05, 0.1) is 0 Å². The third kappa shape index (κ3) is 2.48. The minimum absolute atomic E-state index is 0.485. The van der Waals surface area contributed by atoms with E-state index in [1.165, 1.54) is 32.1 Å². The van der Waals surface area contributed by atoms with Crippen molar-refractivity contribution >= 4 is 0 Å². The normalized spacial score (nSPS) is 38.5. The van der Waals surface area contributed by atoms with Gasteiger partial charge in [-0.05, 0) is 37.0 Å². The topological polar surface area (TPSA) is 26.0 Å². The highest BCUT2D eigenvalue weighted by atomic mass is 14.7. The number of nitrogens with two attached hydrogens (primary N) is 1. The lowest BCUT2D eigenvalue weighted by Crippen LogP contribution is -2.21. The van der Waals surface area contributed by atoms with Gasteiger partial charge in [0, 0.05) is 6.04 Å². The molecule has 72 valence electrons. The van der Waals surface area contributed by atoms with Gasteiger partial charge in [-0.25, -0.2) is 0 Å². The Kier molecular flexibility index (Phi) is 3.16. The zero-order chi connectivity index (χ0) is 9.19. The summed E-state index contributed by atoms with van der Waals surface area (Å²) in [6.07, 6.45) is 6.52. The van der Waals surface area contributed by atoms with Gasteiger partial charge in [0.25, 0.3) is 0 Å². The molecule has 2 N–H and O–H groups in total. The molecular formula is C11H23N. The maximum absolute atomic E-state index is 5.93. The molecule has 0 radical (unpaired) electrons. The molecule has 1 heteroatoms. The van der Waals surface area contributed by atoms with Gasteiger partial charge in [-0.1, -0.05) is 27.2 Å². The molecule has 3 atom stereocenters. The molecule has 1 nitrogen and oxygen atoms in total. The molecule has 1 aliphatic rings. The lowest BCUT2D eigenvalue weighted by atomic mass is 9.79. The fourth-order valence-corrected chi connectivity index (χ4v) is 2.54. The Morgan fingerprint density at radius 3 is 2.67 bits per heavy atom. The van der Waals surface area contributed by atoms with Crippen LogP contribution in [0, 0.1) is 11.3 Å². The molecule has 0 aliphatic heterocycles. The van der Waals surface area contributed by atoms with Crippen LogP contribution < -0.4 is 5.73 Å². The highest BCUT2D eigenvalue weighted by Gasteiger charge is 2.33. The zero-order valence-electron chi connectivity index (χ0n) is 8.77. The summed E-state index contributed by atoms with van der Waals surface area (Å²) in [5, 5.41) is 0. The van der Waals surface area contributed by atoms with Crippen LogP contribution in [0.15, 0.2) is 0 Å². The smallest absolute Gasteiger partial charge is 0.00442 e. The number of hydrogen-bond donors (Lipinski definition) is 1. The molecule has 0 aromatic carbocycles. The van der Waals surface area contributed by atoms with Crippen LogP contribution >= 0.6 is 0 Å². The van der Waals surface area contributed by atoms with Crippen molar-refractivity contribution in [1.29, 1.82) is 0 Å². The van der Waals surface area contributed by atoms with E-state index in [1.54, 1.807) is 0 Å². The van der Waals surface area contributed by atoms with Crippen LogP contribution in [-0.4, -0.2) is 6.04 Å². The standard InChI is InChI=1S/C11H23N/c1-4-9(2)7-11(3)6-5-10(12)8-11/h9-10H,4-8,12H2,1-3H3. The Bertz CT molecular complexity index is 144. The third-order valence-electron chi connectivity index (χ3n) is 3.41. The van der Waals surface area contributed by atoms with Crippen molar-refractivity contribution in [3.05, 3.63) is 0 Å². The van der Waals surface area contributed by atoms with E-state index in [1.807, 2.05) is 0 Å². The molecule has 0 aromatic rings. The first-order valence-electron chi connectivity index (χ1n) is 5.31. The van der Waals surface area contributed by atoms with Crippen molar-refractivity contribution in [2.75, 3.05) is 0 Å². The molecular weight excluding hydrogens is 146 g/mol. The lowest BCUT2D eigenvalue weighted by molar-refractivity contribution is 0.249. The van der Waals surface area contributed by atoms with Gasteiger partial charge in [-0.15, -0.1) is 0 Å². The highest BCUT2D eigenvalue weighted by molar-refractivity contribution is 4.88. The molecule has 0 aromatic heterocycles. The largest absolute Gasteiger partial charge is 0.328 e. The quantitative estimate of drug-likeness (QED) is 0.690. The Balaban J connectivity index is 2.39. The minimum Gasteiger partial charge on any atom is -0.328 e. The van der Waals surface area contributed by atoms with Crippen molar-refractivity contribution in [1.82, 2.24) is 0 Å². The molecule has 1 rings (SSSR count). The van der Waals surface area contributed by atoms with E-state index < -0.39 is 0 Å². The Hall–Kier alpha value is -0.0400. The van der Waals surface area contributed by atoms with Crippen molar-refractivity contribution in [3.63, 3.8) is 0 Å². The van der Waals surface area contributed by atoms with E-state index >= 15 is 0 Å². The summed E-state index contributed by atoms with van der Waals surface area (Å²) in [5.74, 6) is 0.875. The van der Waals surface area contributed by atoms with Gasteiger partial charge in [-0.3, -0.25) is 0 Å². The molecule has 1 saturated carbocycles. The van der Waals surface area contributed by atoms with Gasteiger partial charge >= 0.3 is 0 Å². The molecule has 0 amide bonds. The first kappa shape index (κ1) is 10.0. The summed E-state index contributed by atoms with van der Waals surface area (Å²) in [5.41, 5.74) is 6.49. The second-order valence-electron chi connectivity index (χ2n) is 5.03. The second kappa shape index (κ2) is 3.78. The third-order valence-corrected chi connectivity index (χ3v) is 3.41. The fourth-order valence-electron chi connectivity index (χ4n) is 2.54. The number of hydrogen-bond acceptors (Lipinski definition) is 1. The van der Waals surface area contributed by atoms with E-state index in [9.17, 15) is 0 Å². The first-order chi connectivity index (χ1) is 5.56. The summed E-state index contributed by atoms with van der Waals surface area (Å²) in [6.45, 7) is 7.05. The fraction of sp³-hybridized carbons (Fsp3) is 1.00. The number of rotatable bonds is 3. The van der Waals surface area contributed by atoms with E-state index in [4.69, 9.17) is 5.73 Å². The highest BCUT2D eigenvalue weighted by Crippen LogP contribution is 2.42. The van der Waals surface area contributed by atoms with Crippen molar-refractivity contribution in [3.8, 4) is 0 Å². The average molecular weight is 169 g/mol. The second-order valence-corrected chi connectivity index (χ2v) is 5.03. The summed E-state index contributed by atoms with van der Waals surface area (Å²) < 4.78 is 0. The van der Waals surface area contributed by atoms with E-state index in [0.717, 1.165) is 5.92 Å². The summed E-state index contributed by atoms with van der Waals surface area (Å²) >= 11 is 0. The van der Waals surface area contributed by atoms with Gasteiger partial charge in [0.2, 0.25) is 0 Å². The average Bonchev–Trinajstić information content (AvgIpc) is 2.30. The van der Waals surface area contributed by atoms with Crippen LogP contribution in [0.25, 0.3) is 0 Å². The van der Waals surface area contributed by atoms with Gasteiger partial charge in [0.15, 0.2) is 0 Å². The first-order valence-corrected chi connectivity index (χ1v) is 5.31. The van der Waals surface area contributed by atoms with E-state index in [2.05, 4.69) is 20.8 Å². The summed E-state index contributed by atoms with van der Waals surface area (Å²) in [6, 6.07) is 0.485. The van der Waals surface area contributed by atoms with E-state index in [-0.39, 0.29) is 0 Å². The Morgan fingerprint density at radius 1 is 1.58 bits per heavy atom.